The fourth-order valence-corrected chi connectivity index (χ4v) is 3.39. The highest BCUT2D eigenvalue weighted by Crippen LogP contribution is 2.41. The van der Waals surface area contributed by atoms with Gasteiger partial charge in [-0.3, -0.25) is 0 Å². The van der Waals surface area contributed by atoms with Gasteiger partial charge in [0.25, 0.3) is 0 Å². The molecule has 0 aromatic carbocycles. The average molecular weight is 287 g/mol. The highest BCUT2D eigenvalue weighted by Gasteiger charge is 2.45. The zero-order chi connectivity index (χ0) is 13.5. The first kappa shape index (κ1) is 13.4. The van der Waals surface area contributed by atoms with Crippen LogP contribution in [-0.4, -0.2) is 37.0 Å². The third-order valence-electron chi connectivity index (χ3n) is 4.28. The summed E-state index contributed by atoms with van der Waals surface area (Å²) < 4.78 is 16.9. The van der Waals surface area contributed by atoms with Gasteiger partial charge in [0.2, 0.25) is 0 Å². The summed E-state index contributed by atoms with van der Waals surface area (Å²) in [4.78, 5) is 11.8. The lowest BCUT2D eigenvalue weighted by atomic mass is 9.89. The van der Waals surface area contributed by atoms with Gasteiger partial charge in [-0.15, -0.1) is 11.6 Å². The molecule has 0 saturated carbocycles. The van der Waals surface area contributed by atoms with E-state index in [0.29, 0.717) is 32.7 Å². The van der Waals surface area contributed by atoms with Crippen LogP contribution in [0.5, 0.6) is 0 Å². The number of carbonyl (C=O) groups excluding carboxylic acids is 1. The highest BCUT2D eigenvalue weighted by atomic mass is 35.5. The van der Waals surface area contributed by atoms with Crippen molar-refractivity contribution in [3.8, 4) is 0 Å². The maximum atomic E-state index is 11.8. The Labute approximate surface area is 118 Å². The maximum absolute atomic E-state index is 11.8. The molecule has 2 saturated heterocycles. The van der Waals surface area contributed by atoms with Gasteiger partial charge in [-0.1, -0.05) is 13.0 Å². The van der Waals surface area contributed by atoms with Gasteiger partial charge in [0, 0.05) is 29.7 Å². The van der Waals surface area contributed by atoms with Crippen LogP contribution in [0.3, 0.4) is 0 Å². The van der Waals surface area contributed by atoms with E-state index in [1.54, 1.807) is 0 Å². The third kappa shape index (κ3) is 2.54. The largest absolute Gasteiger partial charge is 0.462 e. The minimum absolute atomic E-state index is 0.00988. The summed E-state index contributed by atoms with van der Waals surface area (Å²) in [6, 6.07) is 0. The molecule has 3 atom stereocenters. The van der Waals surface area contributed by atoms with Crippen molar-refractivity contribution in [1.82, 2.24) is 0 Å². The Hall–Kier alpha value is -0.580. The molecule has 2 aliphatic heterocycles. The average Bonchev–Trinajstić information content (AvgIpc) is 2.96. The van der Waals surface area contributed by atoms with Crippen LogP contribution >= 0.6 is 11.6 Å². The van der Waals surface area contributed by atoms with Crippen molar-refractivity contribution in [3.05, 3.63) is 11.6 Å². The molecule has 1 aliphatic carbocycles. The number of hydrogen-bond donors (Lipinski definition) is 0. The number of cyclic esters (lactones) is 1. The summed E-state index contributed by atoms with van der Waals surface area (Å²) in [6.07, 6.45) is 4.09. The van der Waals surface area contributed by atoms with Gasteiger partial charge in [-0.2, -0.15) is 0 Å². The Balaban J connectivity index is 1.90. The molecule has 0 unspecified atom stereocenters. The van der Waals surface area contributed by atoms with E-state index in [9.17, 15) is 4.79 Å². The third-order valence-corrected chi connectivity index (χ3v) is 4.88. The van der Waals surface area contributed by atoms with E-state index in [0.717, 1.165) is 12.0 Å². The van der Waals surface area contributed by atoms with E-state index >= 15 is 0 Å². The number of halogens is 1. The van der Waals surface area contributed by atoms with Gasteiger partial charge in [0.1, 0.15) is 0 Å². The first-order valence-electron chi connectivity index (χ1n) is 6.89. The zero-order valence-electron chi connectivity index (χ0n) is 11.1. The summed E-state index contributed by atoms with van der Waals surface area (Å²) in [5.74, 6) is -0.447. The first-order valence-corrected chi connectivity index (χ1v) is 7.32. The van der Waals surface area contributed by atoms with Crippen LogP contribution in [0, 0.1) is 11.8 Å². The molecule has 19 heavy (non-hydrogen) atoms. The molecule has 3 aliphatic rings. The summed E-state index contributed by atoms with van der Waals surface area (Å²) in [7, 11) is 0. The number of rotatable bonds is 0. The van der Waals surface area contributed by atoms with Gasteiger partial charge in [-0.05, 0) is 12.3 Å². The van der Waals surface area contributed by atoms with Gasteiger partial charge in [0.05, 0.1) is 19.8 Å². The minimum atomic E-state index is -0.589. The number of carbonyl (C=O) groups is 1. The van der Waals surface area contributed by atoms with E-state index in [2.05, 4.69) is 6.92 Å². The molecule has 5 heteroatoms. The van der Waals surface area contributed by atoms with Gasteiger partial charge < -0.3 is 14.2 Å². The van der Waals surface area contributed by atoms with Crippen molar-refractivity contribution in [2.45, 2.75) is 37.4 Å². The van der Waals surface area contributed by atoms with Crippen molar-refractivity contribution in [3.63, 3.8) is 0 Å². The Kier molecular flexibility index (Phi) is 3.58. The standard InChI is InChI=1S/C14H19ClO4/c1-9-6-14(18-4-5-19-14)7-10-8-17-13(16)11(10)2-3-12(9)15/h2,9-10,12H,3-8H2,1H3/b11-2+/t9-,10+,12+/m1/s1. The number of esters is 1. The lowest BCUT2D eigenvalue weighted by Gasteiger charge is -2.32. The maximum Gasteiger partial charge on any atom is 0.334 e. The molecule has 0 N–H and O–H groups in total. The van der Waals surface area contributed by atoms with Crippen molar-refractivity contribution in [1.29, 1.82) is 0 Å². The molecule has 2 heterocycles. The highest BCUT2D eigenvalue weighted by molar-refractivity contribution is 6.20. The van der Waals surface area contributed by atoms with Crippen LogP contribution in [0.4, 0.5) is 0 Å². The van der Waals surface area contributed by atoms with Crippen LogP contribution in [0.25, 0.3) is 0 Å². The summed E-state index contributed by atoms with van der Waals surface area (Å²) >= 11 is 6.41. The summed E-state index contributed by atoms with van der Waals surface area (Å²) in [6.45, 7) is 3.77. The van der Waals surface area contributed by atoms with Gasteiger partial charge in [0.15, 0.2) is 5.79 Å². The fraction of sp³-hybridized carbons (Fsp3) is 0.786. The second-order valence-electron chi connectivity index (χ2n) is 5.70. The van der Waals surface area contributed by atoms with E-state index in [1.165, 1.54) is 0 Å². The monoisotopic (exact) mass is 286 g/mol. The van der Waals surface area contributed by atoms with Crippen LogP contribution in [-0.2, 0) is 19.0 Å². The summed E-state index contributed by atoms with van der Waals surface area (Å²) in [5, 5.41) is -0.00988. The van der Waals surface area contributed by atoms with Crippen LogP contribution < -0.4 is 0 Å². The van der Waals surface area contributed by atoms with E-state index in [4.69, 9.17) is 25.8 Å². The SMILES string of the molecule is C[C@@H]1CC2(C[C@H]3COC(=O)/C3=C/C[C@@H]1Cl)OCCO2. The molecule has 3 rings (SSSR count). The number of allylic oxidation sites excluding steroid dienone is 1. The topological polar surface area (TPSA) is 44.8 Å². The molecular weight excluding hydrogens is 268 g/mol. The van der Waals surface area contributed by atoms with Crippen LogP contribution in [0.15, 0.2) is 11.6 Å². The van der Waals surface area contributed by atoms with Crippen LogP contribution in [0.2, 0.25) is 0 Å². The lowest BCUT2D eigenvalue weighted by molar-refractivity contribution is -0.179. The van der Waals surface area contributed by atoms with Crippen molar-refractivity contribution in [2.75, 3.05) is 19.8 Å². The molecule has 106 valence electrons. The quantitative estimate of drug-likeness (QED) is 0.506. The fourth-order valence-electron chi connectivity index (χ4n) is 3.22. The molecule has 0 amide bonds. The lowest BCUT2D eigenvalue weighted by Crippen LogP contribution is -2.36. The minimum Gasteiger partial charge on any atom is -0.462 e. The number of alkyl halides is 1. The molecule has 4 nitrogen and oxygen atoms in total. The molecule has 1 spiro atoms. The molecule has 0 aromatic rings. The number of hydrogen-bond acceptors (Lipinski definition) is 4. The predicted molar refractivity (Wildman–Crippen MR) is 69.8 cm³/mol. The Morgan fingerprint density at radius 2 is 2.05 bits per heavy atom. The van der Waals surface area contributed by atoms with E-state index < -0.39 is 5.79 Å². The molecule has 2 fully saturated rings. The Morgan fingerprint density at radius 1 is 1.32 bits per heavy atom. The van der Waals surface area contributed by atoms with Crippen molar-refractivity contribution in [2.24, 2.45) is 11.8 Å². The second-order valence-corrected chi connectivity index (χ2v) is 6.26. The van der Waals surface area contributed by atoms with Gasteiger partial charge in [-0.25, -0.2) is 4.79 Å². The van der Waals surface area contributed by atoms with Crippen LogP contribution in [0.1, 0.15) is 26.2 Å². The Morgan fingerprint density at radius 3 is 2.79 bits per heavy atom. The van der Waals surface area contributed by atoms with E-state index in [1.807, 2.05) is 6.08 Å². The van der Waals surface area contributed by atoms with Gasteiger partial charge >= 0.3 is 5.97 Å². The first-order chi connectivity index (χ1) is 9.10. The smallest absolute Gasteiger partial charge is 0.334 e. The molecule has 0 bridgehead atoms. The summed E-state index contributed by atoms with van der Waals surface area (Å²) in [5.41, 5.74) is 0.748. The Bertz CT molecular complexity index is 400. The molecule has 0 aromatic heterocycles. The molecule has 0 radical (unpaired) electrons. The van der Waals surface area contributed by atoms with Crippen molar-refractivity contribution < 1.29 is 19.0 Å². The zero-order valence-corrected chi connectivity index (χ0v) is 11.8. The molecular formula is C14H19ClO4. The predicted octanol–water partition coefficient (Wildman–Crippen LogP) is 2.26. The number of ether oxygens (including phenoxy) is 3. The normalized spacial score (nSPS) is 40.8. The van der Waals surface area contributed by atoms with Crippen molar-refractivity contribution >= 4 is 17.6 Å². The second kappa shape index (κ2) is 5.08. The number of fused-ring (bicyclic) bond motifs is 1. The van der Waals surface area contributed by atoms with E-state index in [-0.39, 0.29) is 23.2 Å².